The molecule has 136 valence electrons. The Morgan fingerprint density at radius 2 is 2.08 bits per heavy atom. The van der Waals surface area contributed by atoms with E-state index in [9.17, 15) is 0 Å². The van der Waals surface area contributed by atoms with Gasteiger partial charge in [-0.05, 0) is 37.6 Å². The Balaban J connectivity index is 1.60. The van der Waals surface area contributed by atoms with Crippen LogP contribution < -0.4 is 4.90 Å². The molecule has 3 aromatic rings. The van der Waals surface area contributed by atoms with Crippen molar-refractivity contribution < 1.29 is 9.26 Å². The van der Waals surface area contributed by atoms with E-state index in [0.717, 1.165) is 47.7 Å². The first-order chi connectivity index (χ1) is 12.5. The molecule has 0 saturated carbocycles. The average molecular weight is 372 g/mol. The number of anilines is 1. The predicted molar refractivity (Wildman–Crippen MR) is 103 cm³/mol. The largest absolute Gasteiger partial charge is 0.379 e. The molecular formula is C20H22ClN3O2. The van der Waals surface area contributed by atoms with Gasteiger partial charge in [-0.15, -0.1) is 0 Å². The van der Waals surface area contributed by atoms with Gasteiger partial charge in [0.2, 0.25) is 0 Å². The van der Waals surface area contributed by atoms with E-state index >= 15 is 0 Å². The number of pyridine rings is 1. The van der Waals surface area contributed by atoms with Crippen molar-refractivity contribution in [2.24, 2.45) is 5.92 Å². The number of benzene rings is 1. The van der Waals surface area contributed by atoms with E-state index in [4.69, 9.17) is 25.8 Å². The third kappa shape index (κ3) is 3.29. The highest BCUT2D eigenvalue weighted by atomic mass is 35.5. The lowest BCUT2D eigenvalue weighted by molar-refractivity contribution is 0.0813. The number of aromatic nitrogens is 2. The van der Waals surface area contributed by atoms with Crippen LogP contribution in [-0.2, 0) is 11.2 Å². The summed E-state index contributed by atoms with van der Waals surface area (Å²) < 4.78 is 11.1. The average Bonchev–Trinajstić information content (AvgIpc) is 3.20. The lowest BCUT2D eigenvalue weighted by Gasteiger charge is -2.18. The molecule has 3 heterocycles. The van der Waals surface area contributed by atoms with Crippen LogP contribution in [0.4, 0.5) is 5.82 Å². The molecule has 1 aromatic carbocycles. The predicted octanol–water partition coefficient (Wildman–Crippen LogP) is 4.19. The zero-order valence-electron chi connectivity index (χ0n) is 15.2. The minimum atomic E-state index is 0.137. The van der Waals surface area contributed by atoms with Crippen LogP contribution in [0.25, 0.3) is 10.9 Å². The number of halogens is 1. The van der Waals surface area contributed by atoms with Crippen molar-refractivity contribution in [3.05, 3.63) is 52.4 Å². The van der Waals surface area contributed by atoms with Crippen LogP contribution >= 0.6 is 11.6 Å². The zero-order valence-corrected chi connectivity index (χ0v) is 16.0. The first-order valence-corrected chi connectivity index (χ1v) is 9.18. The maximum Gasteiger partial charge on any atom is 0.137 e. The number of hydrogen-bond acceptors (Lipinski definition) is 5. The van der Waals surface area contributed by atoms with Gasteiger partial charge in [-0.1, -0.05) is 22.8 Å². The van der Waals surface area contributed by atoms with Gasteiger partial charge >= 0.3 is 0 Å². The van der Waals surface area contributed by atoms with Crippen molar-refractivity contribution in [2.75, 3.05) is 25.1 Å². The Morgan fingerprint density at radius 1 is 1.23 bits per heavy atom. The molecule has 5 nitrogen and oxygen atoms in total. The number of ether oxygens (including phenoxy) is 1. The third-order valence-corrected chi connectivity index (χ3v) is 5.35. The van der Waals surface area contributed by atoms with Gasteiger partial charge in [-0.2, -0.15) is 0 Å². The summed E-state index contributed by atoms with van der Waals surface area (Å²) in [5.74, 6) is 2.21. The molecule has 26 heavy (non-hydrogen) atoms. The van der Waals surface area contributed by atoms with Crippen LogP contribution in [0, 0.1) is 19.8 Å². The number of aryl methyl sites for hydroxylation is 2. The van der Waals surface area contributed by atoms with Gasteiger partial charge in [0.1, 0.15) is 11.6 Å². The fourth-order valence-corrected chi connectivity index (χ4v) is 3.95. The first kappa shape index (κ1) is 17.3. The maximum absolute atomic E-state index is 6.15. The van der Waals surface area contributed by atoms with Gasteiger partial charge in [-0.25, -0.2) is 4.98 Å². The van der Waals surface area contributed by atoms with E-state index in [1.54, 1.807) is 7.11 Å². The van der Waals surface area contributed by atoms with Crippen LogP contribution in [-0.4, -0.2) is 36.4 Å². The quantitative estimate of drug-likeness (QED) is 0.688. The second kappa shape index (κ2) is 6.89. The summed E-state index contributed by atoms with van der Waals surface area (Å²) in [7, 11) is 1.77. The van der Waals surface area contributed by atoms with Crippen LogP contribution in [0.1, 0.15) is 17.0 Å². The number of rotatable bonds is 4. The number of fused-ring (bicyclic) bond motifs is 1. The Hall–Kier alpha value is -2.11. The molecule has 1 fully saturated rings. The highest BCUT2D eigenvalue weighted by Gasteiger charge is 2.34. The number of hydrogen-bond donors (Lipinski definition) is 0. The fraction of sp³-hybridized carbons (Fsp3) is 0.400. The highest BCUT2D eigenvalue weighted by molar-refractivity contribution is 6.31. The van der Waals surface area contributed by atoms with Crippen LogP contribution in [0.15, 0.2) is 34.9 Å². The van der Waals surface area contributed by atoms with Crippen molar-refractivity contribution in [1.29, 1.82) is 0 Å². The Labute approximate surface area is 157 Å². The molecule has 2 aromatic heterocycles. The second-order valence-corrected chi connectivity index (χ2v) is 7.47. The van der Waals surface area contributed by atoms with Crippen molar-refractivity contribution >= 4 is 28.3 Å². The molecule has 0 aliphatic carbocycles. The molecule has 1 saturated heterocycles. The lowest BCUT2D eigenvalue weighted by atomic mass is 10.0. The van der Waals surface area contributed by atoms with E-state index in [2.05, 4.69) is 23.0 Å². The fourth-order valence-electron chi connectivity index (χ4n) is 3.78. The van der Waals surface area contributed by atoms with E-state index < -0.39 is 0 Å². The minimum Gasteiger partial charge on any atom is -0.379 e. The molecule has 0 N–H and O–H groups in total. The highest BCUT2D eigenvalue weighted by Crippen LogP contribution is 2.30. The van der Waals surface area contributed by atoms with Crippen LogP contribution in [0.2, 0.25) is 5.02 Å². The van der Waals surface area contributed by atoms with Gasteiger partial charge in [-0.3, -0.25) is 0 Å². The molecule has 2 atom stereocenters. The summed E-state index contributed by atoms with van der Waals surface area (Å²) in [6.07, 6.45) is 0.950. The van der Waals surface area contributed by atoms with Crippen molar-refractivity contribution in [3.63, 3.8) is 0 Å². The molecule has 0 bridgehead atoms. The van der Waals surface area contributed by atoms with Gasteiger partial charge in [0.25, 0.3) is 0 Å². The van der Waals surface area contributed by atoms with Gasteiger partial charge < -0.3 is 14.2 Å². The van der Waals surface area contributed by atoms with E-state index in [0.29, 0.717) is 10.9 Å². The summed E-state index contributed by atoms with van der Waals surface area (Å²) in [5, 5.41) is 5.83. The summed E-state index contributed by atoms with van der Waals surface area (Å²) in [6, 6.07) is 10.00. The third-order valence-electron chi connectivity index (χ3n) is 5.11. The van der Waals surface area contributed by atoms with Crippen molar-refractivity contribution in [3.8, 4) is 0 Å². The van der Waals surface area contributed by atoms with Crippen molar-refractivity contribution in [1.82, 2.24) is 10.1 Å². The molecular weight excluding hydrogens is 350 g/mol. The Kier molecular flexibility index (Phi) is 4.59. The van der Waals surface area contributed by atoms with Gasteiger partial charge in [0, 0.05) is 49.0 Å². The van der Waals surface area contributed by atoms with Gasteiger partial charge in [0.05, 0.1) is 17.3 Å². The molecule has 1 aliphatic heterocycles. The SMILES string of the molecule is CO[C@H]1CN(c2cc(C)c3ccc(Cl)cc3n2)C[C@H]1Cc1cc(C)no1. The molecule has 1 aliphatic rings. The van der Waals surface area contributed by atoms with E-state index in [-0.39, 0.29) is 6.10 Å². The molecule has 6 heteroatoms. The van der Waals surface area contributed by atoms with Crippen LogP contribution in [0.3, 0.4) is 0 Å². The summed E-state index contributed by atoms with van der Waals surface area (Å²) in [6.45, 7) is 5.73. The molecule has 0 spiro atoms. The molecule has 4 rings (SSSR count). The minimum absolute atomic E-state index is 0.137. The van der Waals surface area contributed by atoms with E-state index in [1.165, 1.54) is 5.56 Å². The zero-order chi connectivity index (χ0) is 18.3. The Bertz CT molecular complexity index is 940. The maximum atomic E-state index is 6.15. The van der Waals surface area contributed by atoms with E-state index in [1.807, 2.05) is 31.2 Å². The van der Waals surface area contributed by atoms with Gasteiger partial charge in [0.15, 0.2) is 0 Å². The normalized spacial score (nSPS) is 20.2. The molecule has 0 radical (unpaired) electrons. The number of methoxy groups -OCH3 is 1. The van der Waals surface area contributed by atoms with Crippen LogP contribution in [0.5, 0.6) is 0 Å². The lowest BCUT2D eigenvalue weighted by Crippen LogP contribution is -2.23. The summed E-state index contributed by atoms with van der Waals surface area (Å²) in [4.78, 5) is 7.13. The van der Waals surface area contributed by atoms with Crippen molar-refractivity contribution in [2.45, 2.75) is 26.4 Å². The Morgan fingerprint density at radius 3 is 2.81 bits per heavy atom. The smallest absolute Gasteiger partial charge is 0.137 e. The standard InChI is InChI=1S/C20H22ClN3O2/c1-12-6-20(22-18-9-15(21)4-5-17(12)18)24-10-14(19(11-24)25-3)8-16-7-13(2)23-26-16/h4-7,9,14,19H,8,10-11H2,1-3H3/t14-,19+/m1/s1. The summed E-state index contributed by atoms with van der Waals surface area (Å²) in [5.41, 5.74) is 3.04. The molecule has 0 amide bonds. The topological polar surface area (TPSA) is 51.4 Å². The molecule has 0 unspecified atom stereocenters. The number of nitrogens with zero attached hydrogens (tertiary/aromatic N) is 3. The monoisotopic (exact) mass is 371 g/mol. The summed E-state index contributed by atoms with van der Waals surface area (Å²) >= 11 is 6.15. The first-order valence-electron chi connectivity index (χ1n) is 8.80. The second-order valence-electron chi connectivity index (χ2n) is 7.04.